The molecule has 0 unspecified atom stereocenters. The van der Waals surface area contributed by atoms with E-state index in [1.807, 2.05) is 6.20 Å². The fourth-order valence-electron chi connectivity index (χ4n) is 1.49. The van der Waals surface area contributed by atoms with Crippen molar-refractivity contribution in [1.82, 2.24) is 15.1 Å². The van der Waals surface area contributed by atoms with E-state index >= 15 is 0 Å². The summed E-state index contributed by atoms with van der Waals surface area (Å²) in [5.74, 6) is -0.174. The molecule has 1 N–H and O–H groups in total. The van der Waals surface area contributed by atoms with E-state index in [2.05, 4.69) is 26.3 Å². The monoisotopic (exact) mass is 327 g/mol. The first kappa shape index (κ1) is 13.1. The normalized spacial score (nSPS) is 10.3. The summed E-state index contributed by atoms with van der Waals surface area (Å²) in [6, 6.07) is 6.97. The molecule has 0 aliphatic carbocycles. The van der Waals surface area contributed by atoms with Gasteiger partial charge in [0.1, 0.15) is 0 Å². The number of benzene rings is 1. The molecule has 2 rings (SSSR count). The van der Waals surface area contributed by atoms with Crippen molar-refractivity contribution in [2.75, 3.05) is 6.54 Å². The summed E-state index contributed by atoms with van der Waals surface area (Å²) in [6.45, 7) is 1.11. The molecule has 0 aliphatic rings. The van der Waals surface area contributed by atoms with E-state index in [4.69, 9.17) is 11.6 Å². The van der Waals surface area contributed by atoms with Crippen LogP contribution in [0.3, 0.4) is 0 Å². The van der Waals surface area contributed by atoms with E-state index in [1.165, 1.54) is 0 Å². The quantitative estimate of drug-likeness (QED) is 0.938. The minimum Gasteiger partial charge on any atom is -0.350 e. The molecule has 0 radical (unpaired) electrons. The van der Waals surface area contributed by atoms with Gasteiger partial charge in [0, 0.05) is 12.7 Å². The summed E-state index contributed by atoms with van der Waals surface area (Å²) >= 11 is 9.24. The van der Waals surface area contributed by atoms with Gasteiger partial charge in [0.25, 0.3) is 5.91 Å². The summed E-state index contributed by atoms with van der Waals surface area (Å²) in [4.78, 5) is 11.8. The molecule has 0 atom stereocenters. The number of nitrogens with one attached hydrogen (secondary N) is 1. The van der Waals surface area contributed by atoms with Crippen molar-refractivity contribution in [3.63, 3.8) is 0 Å². The Morgan fingerprint density at radius 1 is 1.44 bits per heavy atom. The summed E-state index contributed by atoms with van der Waals surface area (Å²) < 4.78 is 2.66. The molecule has 18 heavy (non-hydrogen) atoms. The molecular formula is C12H11BrClN3O. The van der Waals surface area contributed by atoms with Crippen molar-refractivity contribution in [3.8, 4) is 0 Å². The number of hydrogen-bond donors (Lipinski definition) is 1. The van der Waals surface area contributed by atoms with Crippen LogP contribution in [0.2, 0.25) is 5.02 Å². The highest BCUT2D eigenvalue weighted by atomic mass is 79.9. The van der Waals surface area contributed by atoms with Gasteiger partial charge in [0.2, 0.25) is 0 Å². The average molecular weight is 329 g/mol. The van der Waals surface area contributed by atoms with Gasteiger partial charge in [-0.15, -0.1) is 0 Å². The van der Waals surface area contributed by atoms with Crippen LogP contribution in [-0.4, -0.2) is 22.2 Å². The molecule has 0 fully saturated rings. The molecule has 0 spiro atoms. The second-order valence-corrected chi connectivity index (χ2v) is 4.98. The van der Waals surface area contributed by atoms with Gasteiger partial charge < -0.3 is 5.32 Å². The van der Waals surface area contributed by atoms with Gasteiger partial charge in [-0.3, -0.25) is 9.48 Å². The number of hydrogen-bond acceptors (Lipinski definition) is 2. The molecular weight excluding hydrogens is 318 g/mol. The maximum atomic E-state index is 11.8. The first-order valence-corrected chi connectivity index (χ1v) is 6.54. The number of carbonyl (C=O) groups is 1. The van der Waals surface area contributed by atoms with Gasteiger partial charge in [-0.25, -0.2) is 0 Å². The summed E-state index contributed by atoms with van der Waals surface area (Å²) in [6.07, 6.45) is 3.55. The van der Waals surface area contributed by atoms with Crippen LogP contribution in [0.4, 0.5) is 0 Å². The Labute approximate surface area is 118 Å². The van der Waals surface area contributed by atoms with Crippen LogP contribution in [0.25, 0.3) is 0 Å². The van der Waals surface area contributed by atoms with Gasteiger partial charge >= 0.3 is 0 Å². The predicted octanol–water partition coefficient (Wildman–Crippen LogP) is 2.73. The van der Waals surface area contributed by atoms with Crippen LogP contribution >= 0.6 is 27.5 Å². The molecule has 4 nitrogen and oxygen atoms in total. The van der Waals surface area contributed by atoms with Crippen LogP contribution in [0.15, 0.2) is 41.1 Å². The van der Waals surface area contributed by atoms with E-state index in [9.17, 15) is 4.79 Å². The minimum absolute atomic E-state index is 0.174. The topological polar surface area (TPSA) is 46.9 Å². The van der Waals surface area contributed by atoms with Crippen molar-refractivity contribution in [3.05, 3.63) is 51.7 Å². The van der Waals surface area contributed by atoms with Crippen molar-refractivity contribution in [2.45, 2.75) is 6.54 Å². The maximum Gasteiger partial charge on any atom is 0.252 e. The Kier molecular flexibility index (Phi) is 4.38. The number of carbonyl (C=O) groups excluding carboxylic acids is 1. The minimum atomic E-state index is -0.174. The zero-order valence-corrected chi connectivity index (χ0v) is 11.8. The summed E-state index contributed by atoms with van der Waals surface area (Å²) in [5.41, 5.74) is 0.487. The van der Waals surface area contributed by atoms with Crippen molar-refractivity contribution in [2.24, 2.45) is 0 Å². The standard InChI is InChI=1S/C12H11BrClN3O/c13-9-7-16-17(8-9)6-5-15-12(18)10-3-1-2-4-11(10)14/h1-4,7-8H,5-6H2,(H,15,18). The molecule has 1 aromatic heterocycles. The third-order valence-corrected chi connectivity index (χ3v) is 3.09. The lowest BCUT2D eigenvalue weighted by atomic mass is 10.2. The summed E-state index contributed by atoms with van der Waals surface area (Å²) in [7, 11) is 0. The Bertz CT molecular complexity index is 556. The highest BCUT2D eigenvalue weighted by molar-refractivity contribution is 9.10. The lowest BCUT2D eigenvalue weighted by Crippen LogP contribution is -2.27. The maximum absolute atomic E-state index is 11.8. The molecule has 94 valence electrons. The molecule has 2 aromatic rings. The largest absolute Gasteiger partial charge is 0.350 e. The number of rotatable bonds is 4. The van der Waals surface area contributed by atoms with Crippen molar-refractivity contribution in [1.29, 1.82) is 0 Å². The van der Waals surface area contributed by atoms with Gasteiger partial charge in [0.15, 0.2) is 0 Å². The number of amides is 1. The number of halogens is 2. The smallest absolute Gasteiger partial charge is 0.252 e. The second-order valence-electron chi connectivity index (χ2n) is 3.66. The highest BCUT2D eigenvalue weighted by Gasteiger charge is 2.08. The number of aromatic nitrogens is 2. The van der Waals surface area contributed by atoms with E-state index in [0.29, 0.717) is 23.7 Å². The first-order chi connectivity index (χ1) is 8.66. The zero-order chi connectivity index (χ0) is 13.0. The first-order valence-electron chi connectivity index (χ1n) is 5.37. The second kappa shape index (κ2) is 6.02. The number of nitrogens with zero attached hydrogens (tertiary/aromatic N) is 2. The summed E-state index contributed by atoms with van der Waals surface area (Å²) in [5, 5.41) is 7.35. The van der Waals surface area contributed by atoms with Gasteiger partial charge in [0.05, 0.1) is 27.8 Å². The van der Waals surface area contributed by atoms with Crippen molar-refractivity contribution < 1.29 is 4.79 Å². The van der Waals surface area contributed by atoms with E-state index in [-0.39, 0.29) is 5.91 Å². The lowest BCUT2D eigenvalue weighted by Gasteiger charge is -2.06. The van der Waals surface area contributed by atoms with Gasteiger partial charge in [-0.05, 0) is 28.1 Å². The fourth-order valence-corrected chi connectivity index (χ4v) is 2.03. The Hall–Kier alpha value is -1.33. The van der Waals surface area contributed by atoms with E-state index in [1.54, 1.807) is 35.1 Å². The third-order valence-electron chi connectivity index (χ3n) is 2.35. The lowest BCUT2D eigenvalue weighted by molar-refractivity contribution is 0.0952. The Balaban J connectivity index is 1.87. The van der Waals surface area contributed by atoms with Crippen molar-refractivity contribution >= 4 is 33.4 Å². The van der Waals surface area contributed by atoms with Gasteiger partial charge in [-0.2, -0.15) is 5.10 Å². The average Bonchev–Trinajstić information content (AvgIpc) is 2.75. The van der Waals surface area contributed by atoms with E-state index < -0.39 is 0 Å². The predicted molar refractivity (Wildman–Crippen MR) is 73.7 cm³/mol. The Morgan fingerprint density at radius 3 is 2.89 bits per heavy atom. The van der Waals surface area contributed by atoms with E-state index in [0.717, 1.165) is 4.47 Å². The van der Waals surface area contributed by atoms with Crippen LogP contribution in [0.5, 0.6) is 0 Å². The molecule has 0 saturated carbocycles. The molecule has 0 aliphatic heterocycles. The van der Waals surface area contributed by atoms with Gasteiger partial charge in [-0.1, -0.05) is 23.7 Å². The van der Waals surface area contributed by atoms with Crippen LogP contribution < -0.4 is 5.32 Å². The van der Waals surface area contributed by atoms with Crippen LogP contribution in [0, 0.1) is 0 Å². The SMILES string of the molecule is O=C(NCCn1cc(Br)cn1)c1ccccc1Cl. The Morgan fingerprint density at radius 2 is 2.22 bits per heavy atom. The van der Waals surface area contributed by atoms with Crippen LogP contribution in [0.1, 0.15) is 10.4 Å². The zero-order valence-electron chi connectivity index (χ0n) is 9.44. The van der Waals surface area contributed by atoms with Crippen LogP contribution in [-0.2, 0) is 6.54 Å². The molecule has 1 aromatic carbocycles. The molecule has 0 bridgehead atoms. The third kappa shape index (κ3) is 3.34. The fraction of sp³-hybridized carbons (Fsp3) is 0.167. The molecule has 6 heteroatoms. The highest BCUT2D eigenvalue weighted by Crippen LogP contribution is 2.14. The molecule has 0 saturated heterocycles. The molecule has 1 heterocycles. The molecule has 1 amide bonds.